The molecule has 0 aliphatic rings. The third-order valence-electron chi connectivity index (χ3n) is 3.92. The average Bonchev–Trinajstić information content (AvgIpc) is 2.65. The van der Waals surface area contributed by atoms with Gasteiger partial charge in [0.1, 0.15) is 5.69 Å². The molecule has 3 aromatic rings. The maximum Gasteiger partial charge on any atom is 0.274 e. The number of nitriles is 1. The third-order valence-corrected chi connectivity index (χ3v) is 3.92. The maximum atomic E-state index is 12.4. The van der Waals surface area contributed by atoms with Gasteiger partial charge in [-0.1, -0.05) is 18.2 Å². The number of nitrogens with zero attached hydrogens (tertiary/aromatic N) is 2. The number of aryl methyl sites for hydroxylation is 2. The summed E-state index contributed by atoms with van der Waals surface area (Å²) in [6.07, 6.45) is 1.59. The monoisotopic (exact) mass is 342 g/mol. The molecule has 0 unspecified atom stereocenters. The van der Waals surface area contributed by atoms with Crippen LogP contribution < -0.4 is 10.6 Å². The summed E-state index contributed by atoms with van der Waals surface area (Å²) in [5, 5.41) is 15.0. The number of hydrogen-bond acceptors (Lipinski definition) is 4. The van der Waals surface area contributed by atoms with Gasteiger partial charge in [-0.15, -0.1) is 0 Å². The molecule has 1 heterocycles. The Morgan fingerprint density at radius 3 is 2.62 bits per heavy atom. The van der Waals surface area contributed by atoms with Gasteiger partial charge in [0.05, 0.1) is 23.5 Å². The van der Waals surface area contributed by atoms with Crippen LogP contribution in [0.4, 0.5) is 17.1 Å². The van der Waals surface area contributed by atoms with Gasteiger partial charge in [-0.3, -0.25) is 4.79 Å². The number of nitrogens with one attached hydrogen (secondary N) is 2. The fraction of sp³-hybridized carbons (Fsp3) is 0.0952. The van der Waals surface area contributed by atoms with E-state index in [1.54, 1.807) is 36.5 Å². The highest BCUT2D eigenvalue weighted by molar-refractivity contribution is 6.03. The molecule has 0 atom stereocenters. The second-order valence-corrected chi connectivity index (χ2v) is 6.02. The first kappa shape index (κ1) is 17.2. The van der Waals surface area contributed by atoms with Crippen LogP contribution in [0, 0.1) is 25.2 Å². The summed E-state index contributed by atoms with van der Waals surface area (Å²) in [7, 11) is 0. The summed E-state index contributed by atoms with van der Waals surface area (Å²) in [4.78, 5) is 16.6. The van der Waals surface area contributed by atoms with Crippen molar-refractivity contribution < 1.29 is 4.79 Å². The van der Waals surface area contributed by atoms with E-state index in [4.69, 9.17) is 5.26 Å². The highest BCUT2D eigenvalue weighted by atomic mass is 16.1. The predicted molar refractivity (Wildman–Crippen MR) is 103 cm³/mol. The molecule has 1 amide bonds. The van der Waals surface area contributed by atoms with E-state index in [0.29, 0.717) is 11.3 Å². The van der Waals surface area contributed by atoms with Gasteiger partial charge in [0, 0.05) is 11.4 Å². The Morgan fingerprint density at radius 2 is 1.88 bits per heavy atom. The largest absolute Gasteiger partial charge is 0.354 e. The van der Waals surface area contributed by atoms with E-state index in [-0.39, 0.29) is 5.91 Å². The predicted octanol–water partition coefficient (Wildman–Crippen LogP) is 4.57. The Morgan fingerprint density at radius 1 is 1.04 bits per heavy atom. The van der Waals surface area contributed by atoms with Crippen molar-refractivity contribution in [3.8, 4) is 6.07 Å². The molecule has 0 aliphatic carbocycles. The van der Waals surface area contributed by atoms with Crippen molar-refractivity contribution in [2.75, 3.05) is 10.6 Å². The van der Waals surface area contributed by atoms with E-state index < -0.39 is 0 Å². The zero-order valence-corrected chi connectivity index (χ0v) is 14.6. The van der Waals surface area contributed by atoms with Crippen LogP contribution in [-0.2, 0) is 0 Å². The van der Waals surface area contributed by atoms with E-state index in [1.807, 2.05) is 38.1 Å². The van der Waals surface area contributed by atoms with Crippen LogP contribution >= 0.6 is 0 Å². The molecule has 0 fully saturated rings. The lowest BCUT2D eigenvalue weighted by molar-refractivity contribution is 0.102. The van der Waals surface area contributed by atoms with Crippen molar-refractivity contribution in [2.45, 2.75) is 13.8 Å². The Labute approximate surface area is 152 Å². The van der Waals surface area contributed by atoms with Gasteiger partial charge in [0.15, 0.2) is 0 Å². The van der Waals surface area contributed by atoms with Gasteiger partial charge in [0.2, 0.25) is 0 Å². The zero-order chi connectivity index (χ0) is 18.5. The number of carbonyl (C=O) groups excluding carboxylic acids is 1. The molecule has 26 heavy (non-hydrogen) atoms. The van der Waals surface area contributed by atoms with Crippen LogP contribution in [0.3, 0.4) is 0 Å². The summed E-state index contributed by atoms with van der Waals surface area (Å²) in [6.45, 7) is 3.93. The molecule has 1 aromatic heterocycles. The quantitative estimate of drug-likeness (QED) is 0.728. The van der Waals surface area contributed by atoms with Gasteiger partial charge in [-0.2, -0.15) is 5.26 Å². The first-order chi connectivity index (χ1) is 12.5. The van der Waals surface area contributed by atoms with Crippen LogP contribution in [0.25, 0.3) is 0 Å². The Balaban J connectivity index is 1.71. The van der Waals surface area contributed by atoms with Crippen LogP contribution in [-0.4, -0.2) is 10.9 Å². The van der Waals surface area contributed by atoms with Gasteiger partial charge >= 0.3 is 0 Å². The maximum absolute atomic E-state index is 12.4. The Hall–Kier alpha value is -3.65. The zero-order valence-electron chi connectivity index (χ0n) is 14.6. The van der Waals surface area contributed by atoms with E-state index in [2.05, 4.69) is 21.7 Å². The number of pyridine rings is 1. The molecular formula is C21H18N4O. The molecule has 2 aromatic carbocycles. The number of hydrogen-bond donors (Lipinski definition) is 2. The topological polar surface area (TPSA) is 77.8 Å². The molecule has 5 nitrogen and oxygen atoms in total. The first-order valence-corrected chi connectivity index (χ1v) is 8.17. The van der Waals surface area contributed by atoms with Crippen LogP contribution in [0.15, 0.2) is 60.8 Å². The van der Waals surface area contributed by atoms with Crippen molar-refractivity contribution >= 4 is 23.0 Å². The molecule has 5 heteroatoms. The van der Waals surface area contributed by atoms with E-state index >= 15 is 0 Å². The van der Waals surface area contributed by atoms with Gasteiger partial charge in [0.25, 0.3) is 5.91 Å². The van der Waals surface area contributed by atoms with Gasteiger partial charge < -0.3 is 10.6 Å². The molecule has 128 valence electrons. The lowest BCUT2D eigenvalue weighted by Gasteiger charge is -2.10. The molecule has 0 radical (unpaired) electrons. The Bertz CT molecular complexity index is 988. The van der Waals surface area contributed by atoms with Crippen LogP contribution in [0.1, 0.15) is 27.2 Å². The number of benzene rings is 2. The molecule has 3 rings (SSSR count). The number of aromatic nitrogens is 1. The number of amides is 1. The average molecular weight is 342 g/mol. The number of carbonyl (C=O) groups is 1. The second-order valence-electron chi connectivity index (χ2n) is 6.02. The van der Waals surface area contributed by atoms with Crippen LogP contribution in [0.2, 0.25) is 0 Å². The second kappa shape index (κ2) is 7.49. The third kappa shape index (κ3) is 4.05. The fourth-order valence-corrected chi connectivity index (χ4v) is 2.49. The number of anilines is 3. The van der Waals surface area contributed by atoms with Gasteiger partial charge in [-0.25, -0.2) is 4.98 Å². The lowest BCUT2D eigenvalue weighted by Crippen LogP contribution is -2.14. The smallest absolute Gasteiger partial charge is 0.274 e. The summed E-state index contributed by atoms with van der Waals surface area (Å²) in [6, 6.07) is 18.6. The summed E-state index contributed by atoms with van der Waals surface area (Å²) >= 11 is 0. The lowest BCUT2D eigenvalue weighted by atomic mass is 10.1. The minimum absolute atomic E-state index is 0.253. The van der Waals surface area contributed by atoms with E-state index in [9.17, 15) is 4.79 Å². The molecule has 0 bridgehead atoms. The van der Waals surface area contributed by atoms with Crippen molar-refractivity contribution in [1.29, 1.82) is 5.26 Å². The molecule has 0 spiro atoms. The molecule has 2 N–H and O–H groups in total. The van der Waals surface area contributed by atoms with E-state index in [1.165, 1.54) is 0 Å². The fourth-order valence-electron chi connectivity index (χ4n) is 2.49. The standard InChI is InChI=1S/C21H18N4O/c1-14-6-7-15(2)20(10-14)25-21(26)19-9-8-18(13-23-19)24-17-5-3-4-16(11-17)12-22/h3-11,13,24H,1-2H3,(H,25,26). The molecule has 0 saturated heterocycles. The molecule has 0 saturated carbocycles. The Kier molecular flexibility index (Phi) is 4.95. The first-order valence-electron chi connectivity index (χ1n) is 8.17. The van der Waals surface area contributed by atoms with Crippen molar-refractivity contribution in [2.24, 2.45) is 0 Å². The van der Waals surface area contributed by atoms with Crippen LogP contribution in [0.5, 0.6) is 0 Å². The van der Waals surface area contributed by atoms with E-state index in [0.717, 1.165) is 28.2 Å². The normalized spacial score (nSPS) is 10.0. The summed E-state index contributed by atoms with van der Waals surface area (Å²) in [5.74, 6) is -0.253. The molecular weight excluding hydrogens is 324 g/mol. The van der Waals surface area contributed by atoms with Gasteiger partial charge in [-0.05, 0) is 61.4 Å². The summed E-state index contributed by atoms with van der Waals surface area (Å²) in [5.41, 5.74) is 5.31. The highest BCUT2D eigenvalue weighted by Crippen LogP contribution is 2.19. The van der Waals surface area contributed by atoms with Crippen molar-refractivity contribution in [3.05, 3.63) is 83.2 Å². The van der Waals surface area contributed by atoms with Crippen molar-refractivity contribution in [3.63, 3.8) is 0 Å². The minimum Gasteiger partial charge on any atom is -0.354 e. The van der Waals surface area contributed by atoms with Crippen molar-refractivity contribution in [1.82, 2.24) is 4.98 Å². The minimum atomic E-state index is -0.253. The SMILES string of the molecule is Cc1ccc(C)c(NC(=O)c2ccc(Nc3cccc(C#N)c3)cn2)c1. The highest BCUT2D eigenvalue weighted by Gasteiger charge is 2.09. The molecule has 0 aliphatic heterocycles. The number of rotatable bonds is 4. The summed E-state index contributed by atoms with van der Waals surface area (Å²) < 4.78 is 0.